The molecule has 0 aliphatic carbocycles. The highest BCUT2D eigenvalue weighted by Crippen LogP contribution is 2.32. The molecule has 1 atom stereocenters. The molecule has 152 valence electrons. The molecule has 2 aliphatic heterocycles. The number of anilines is 2. The summed E-state index contributed by atoms with van der Waals surface area (Å²) in [5.74, 6) is -0.809. The molecule has 0 saturated heterocycles. The van der Waals surface area contributed by atoms with Crippen LogP contribution < -0.4 is 16.4 Å². The summed E-state index contributed by atoms with van der Waals surface area (Å²) in [6.45, 7) is 5.20. The van der Waals surface area contributed by atoms with Gasteiger partial charge in [0, 0.05) is 36.6 Å². The second-order valence-corrected chi connectivity index (χ2v) is 8.42. The van der Waals surface area contributed by atoms with Crippen LogP contribution in [0.3, 0.4) is 0 Å². The Bertz CT molecular complexity index is 1090. The van der Waals surface area contributed by atoms with Crippen LogP contribution in [0.4, 0.5) is 11.4 Å². The zero-order valence-electron chi connectivity index (χ0n) is 17.4. The van der Waals surface area contributed by atoms with Gasteiger partial charge in [0.25, 0.3) is 0 Å². The molecular formula is C26H28N4. The third-order valence-electron chi connectivity index (χ3n) is 6.06. The highest BCUT2D eigenvalue weighted by Gasteiger charge is 2.27. The molecule has 4 heteroatoms. The van der Waals surface area contributed by atoms with Crippen molar-refractivity contribution in [2.45, 2.75) is 32.2 Å². The maximum atomic E-state index is 6.62. The summed E-state index contributed by atoms with van der Waals surface area (Å²) in [5, 5.41) is 6.87. The van der Waals surface area contributed by atoms with Crippen LogP contribution >= 0.6 is 0 Å². The van der Waals surface area contributed by atoms with Crippen molar-refractivity contribution >= 4 is 16.9 Å². The van der Waals surface area contributed by atoms with Crippen molar-refractivity contribution in [2.24, 2.45) is 5.73 Å². The van der Waals surface area contributed by atoms with E-state index in [-0.39, 0.29) is 0 Å². The molecule has 30 heavy (non-hydrogen) atoms. The van der Waals surface area contributed by atoms with Crippen LogP contribution in [-0.4, -0.2) is 17.2 Å². The van der Waals surface area contributed by atoms with Crippen LogP contribution in [0.1, 0.15) is 29.2 Å². The van der Waals surface area contributed by atoms with E-state index in [4.69, 9.17) is 5.73 Å². The molecular weight excluding hydrogens is 368 g/mol. The van der Waals surface area contributed by atoms with Gasteiger partial charge in [0.05, 0.1) is 0 Å². The van der Waals surface area contributed by atoms with Crippen molar-refractivity contribution in [3.05, 3.63) is 101 Å². The van der Waals surface area contributed by atoms with Gasteiger partial charge in [0.2, 0.25) is 0 Å². The molecule has 0 saturated carbocycles. The first-order valence-corrected chi connectivity index (χ1v) is 10.6. The van der Waals surface area contributed by atoms with Crippen molar-refractivity contribution in [2.75, 3.05) is 17.2 Å². The number of allylic oxidation sites excluding steroid dienone is 1. The van der Waals surface area contributed by atoms with Crippen molar-refractivity contribution in [1.82, 2.24) is 4.90 Å². The molecule has 5 rings (SSSR count). The van der Waals surface area contributed by atoms with Crippen LogP contribution in [0.25, 0.3) is 5.57 Å². The van der Waals surface area contributed by atoms with E-state index < -0.39 is 5.79 Å². The Morgan fingerprint density at radius 1 is 0.967 bits per heavy atom. The van der Waals surface area contributed by atoms with Crippen LogP contribution in [0.15, 0.2) is 78.9 Å². The second-order valence-electron chi connectivity index (χ2n) is 8.42. The first-order chi connectivity index (χ1) is 14.6. The molecule has 0 spiro atoms. The van der Waals surface area contributed by atoms with E-state index in [1.54, 1.807) is 0 Å². The summed E-state index contributed by atoms with van der Waals surface area (Å²) in [7, 11) is 0. The van der Waals surface area contributed by atoms with E-state index in [0.717, 1.165) is 37.4 Å². The molecule has 1 unspecified atom stereocenters. The number of fused-ring (bicyclic) bond motifs is 2. The fraction of sp³-hybridized carbons (Fsp3) is 0.231. The molecule has 4 N–H and O–H groups in total. The normalized spacial score (nSPS) is 20.5. The summed E-state index contributed by atoms with van der Waals surface area (Å²) in [4.78, 5) is 2.51. The smallest absolute Gasteiger partial charge is 0.182 e. The second kappa shape index (κ2) is 7.63. The lowest BCUT2D eigenvalue weighted by atomic mass is 9.98. The highest BCUT2D eigenvalue weighted by molar-refractivity contribution is 5.80. The number of nitrogens with one attached hydrogen (secondary N) is 2. The summed E-state index contributed by atoms with van der Waals surface area (Å²) >= 11 is 0. The zero-order valence-corrected chi connectivity index (χ0v) is 17.4. The van der Waals surface area contributed by atoms with Gasteiger partial charge in [0.15, 0.2) is 5.79 Å². The minimum absolute atomic E-state index is 0.809. The Balaban J connectivity index is 1.26. The highest BCUT2D eigenvalue weighted by atomic mass is 15.3. The number of hydrogen-bond donors (Lipinski definition) is 3. The van der Waals surface area contributed by atoms with E-state index >= 15 is 0 Å². The van der Waals surface area contributed by atoms with E-state index in [9.17, 15) is 0 Å². The lowest BCUT2D eigenvalue weighted by Gasteiger charge is -2.35. The lowest BCUT2D eigenvalue weighted by molar-refractivity contribution is 0.245. The van der Waals surface area contributed by atoms with Gasteiger partial charge in [-0.05, 0) is 59.9 Å². The van der Waals surface area contributed by atoms with Gasteiger partial charge < -0.3 is 10.6 Å². The lowest BCUT2D eigenvalue weighted by Crippen LogP contribution is -2.54. The summed E-state index contributed by atoms with van der Waals surface area (Å²) in [6.07, 6.45) is 3.18. The van der Waals surface area contributed by atoms with E-state index in [2.05, 4.69) is 95.3 Å². The number of rotatable bonds is 4. The Morgan fingerprint density at radius 3 is 2.53 bits per heavy atom. The van der Waals surface area contributed by atoms with Gasteiger partial charge in [-0.2, -0.15) is 0 Å². The van der Waals surface area contributed by atoms with Crippen LogP contribution in [-0.2, 0) is 19.5 Å². The molecule has 0 fully saturated rings. The fourth-order valence-electron chi connectivity index (χ4n) is 4.56. The van der Waals surface area contributed by atoms with Crippen molar-refractivity contribution in [3.8, 4) is 0 Å². The van der Waals surface area contributed by atoms with Gasteiger partial charge in [0.1, 0.15) is 0 Å². The van der Waals surface area contributed by atoms with Gasteiger partial charge >= 0.3 is 0 Å². The maximum Gasteiger partial charge on any atom is 0.182 e. The monoisotopic (exact) mass is 396 g/mol. The SMILES string of the molecule is CC1=CC(N)(Nc2ccc(CN3CCc4ccccc4C3)cc2)Nc2ccccc21. The molecule has 0 radical (unpaired) electrons. The van der Waals surface area contributed by atoms with Gasteiger partial charge in [-0.3, -0.25) is 10.6 Å². The summed E-state index contributed by atoms with van der Waals surface area (Å²) in [5.41, 5.74) is 15.3. The predicted molar refractivity (Wildman–Crippen MR) is 125 cm³/mol. The third-order valence-corrected chi connectivity index (χ3v) is 6.06. The molecule has 3 aromatic carbocycles. The molecule has 4 nitrogen and oxygen atoms in total. The Hall–Kier alpha value is -3.08. The van der Waals surface area contributed by atoms with Crippen LogP contribution in [0, 0.1) is 0 Å². The van der Waals surface area contributed by atoms with Gasteiger partial charge in [-0.25, -0.2) is 0 Å². The van der Waals surface area contributed by atoms with Crippen molar-refractivity contribution in [3.63, 3.8) is 0 Å². The number of nitrogens with two attached hydrogens (primary N) is 1. The molecule has 0 bridgehead atoms. The first kappa shape index (κ1) is 18.9. The quantitative estimate of drug-likeness (QED) is 0.555. The Labute approximate surface area is 178 Å². The number of benzene rings is 3. The maximum absolute atomic E-state index is 6.62. The number of para-hydroxylation sites is 1. The van der Waals surface area contributed by atoms with E-state index in [1.807, 2.05) is 6.07 Å². The fourth-order valence-corrected chi connectivity index (χ4v) is 4.56. The minimum Gasteiger partial charge on any atom is -0.347 e. The molecule has 0 amide bonds. The third kappa shape index (κ3) is 3.84. The molecule has 3 aromatic rings. The number of hydrogen-bond acceptors (Lipinski definition) is 4. The summed E-state index contributed by atoms with van der Waals surface area (Å²) < 4.78 is 0. The largest absolute Gasteiger partial charge is 0.347 e. The molecule has 2 aliphatic rings. The van der Waals surface area contributed by atoms with E-state index in [1.165, 1.54) is 27.8 Å². The van der Waals surface area contributed by atoms with Crippen molar-refractivity contribution < 1.29 is 0 Å². The average Bonchev–Trinajstić information content (AvgIpc) is 2.75. The van der Waals surface area contributed by atoms with Gasteiger partial charge in [-0.1, -0.05) is 54.6 Å². The Kier molecular flexibility index (Phi) is 4.81. The van der Waals surface area contributed by atoms with Gasteiger partial charge in [-0.15, -0.1) is 0 Å². The average molecular weight is 397 g/mol. The Morgan fingerprint density at radius 2 is 1.70 bits per heavy atom. The minimum atomic E-state index is -0.809. The van der Waals surface area contributed by atoms with Crippen molar-refractivity contribution in [1.29, 1.82) is 0 Å². The van der Waals surface area contributed by atoms with Crippen LogP contribution in [0.5, 0.6) is 0 Å². The predicted octanol–water partition coefficient (Wildman–Crippen LogP) is 4.80. The topological polar surface area (TPSA) is 53.3 Å². The zero-order chi connectivity index (χ0) is 20.6. The van der Waals surface area contributed by atoms with E-state index in [0.29, 0.717) is 0 Å². The van der Waals surface area contributed by atoms with Crippen LogP contribution in [0.2, 0.25) is 0 Å². The first-order valence-electron chi connectivity index (χ1n) is 10.6. The molecule has 0 aromatic heterocycles. The summed E-state index contributed by atoms with van der Waals surface area (Å²) in [6, 6.07) is 25.7. The standard InChI is InChI=1S/C26H28N4/c1-19-16-26(27,29-25-9-5-4-8-24(19)25)28-23-12-10-20(11-13-23)17-30-15-14-21-6-2-3-7-22(21)18-30/h2-13,16,28-29H,14-15,17-18,27H2,1H3. The number of nitrogens with zero attached hydrogens (tertiary/aromatic N) is 1. The molecule has 2 heterocycles.